The molecule has 0 atom stereocenters. The third kappa shape index (κ3) is 2.44. The van der Waals surface area contributed by atoms with E-state index in [4.69, 9.17) is 0 Å². The molecule has 0 aromatic heterocycles. The highest BCUT2D eigenvalue weighted by Crippen LogP contribution is 2.29. The molecule has 4 heteroatoms. The van der Waals surface area contributed by atoms with E-state index in [1.54, 1.807) is 4.90 Å². The van der Waals surface area contributed by atoms with Gasteiger partial charge in [-0.1, -0.05) is 0 Å². The summed E-state index contributed by atoms with van der Waals surface area (Å²) in [7, 11) is 0. The van der Waals surface area contributed by atoms with Crippen LogP contribution in [0.5, 0.6) is 0 Å². The summed E-state index contributed by atoms with van der Waals surface area (Å²) in [6.07, 6.45) is 4.94. The molecule has 0 bridgehead atoms. The second-order valence-corrected chi connectivity index (χ2v) is 5.33. The zero-order chi connectivity index (χ0) is 13.2. The number of rotatable bonds is 2. The number of amides is 1. The summed E-state index contributed by atoms with van der Waals surface area (Å²) < 4.78 is 14.2. The highest BCUT2D eigenvalue weighted by Gasteiger charge is 2.23. The second-order valence-electron chi connectivity index (χ2n) is 5.33. The third-order valence-corrected chi connectivity index (χ3v) is 4.01. The van der Waals surface area contributed by atoms with E-state index in [1.165, 1.54) is 12.5 Å². The van der Waals surface area contributed by atoms with Gasteiger partial charge in [-0.2, -0.15) is 0 Å². The predicted molar refractivity (Wildman–Crippen MR) is 74.1 cm³/mol. The number of halogens is 1. The molecule has 2 fully saturated rings. The van der Waals surface area contributed by atoms with Crippen molar-refractivity contribution in [1.82, 2.24) is 0 Å². The van der Waals surface area contributed by atoms with Crippen molar-refractivity contribution in [2.24, 2.45) is 0 Å². The number of piperidine rings is 1. The molecule has 3 rings (SSSR count). The van der Waals surface area contributed by atoms with Crippen LogP contribution in [0.1, 0.15) is 32.1 Å². The quantitative estimate of drug-likeness (QED) is 0.818. The summed E-state index contributed by atoms with van der Waals surface area (Å²) in [6.45, 7) is 2.57. The molecular formula is C15H19FN2O. The van der Waals surface area contributed by atoms with Crippen LogP contribution in [0.25, 0.3) is 0 Å². The van der Waals surface area contributed by atoms with Crippen molar-refractivity contribution in [2.45, 2.75) is 32.1 Å². The van der Waals surface area contributed by atoms with Crippen LogP contribution in [0, 0.1) is 5.82 Å². The van der Waals surface area contributed by atoms with Crippen LogP contribution >= 0.6 is 0 Å². The number of nitrogens with zero attached hydrogens (tertiary/aromatic N) is 2. The molecule has 2 heterocycles. The van der Waals surface area contributed by atoms with Gasteiger partial charge in [-0.15, -0.1) is 0 Å². The molecule has 2 aliphatic rings. The molecule has 1 aromatic rings. The van der Waals surface area contributed by atoms with E-state index in [-0.39, 0.29) is 11.7 Å². The highest BCUT2D eigenvalue weighted by atomic mass is 19.1. The molecule has 102 valence electrons. The van der Waals surface area contributed by atoms with E-state index >= 15 is 0 Å². The molecule has 0 saturated carbocycles. The van der Waals surface area contributed by atoms with Crippen molar-refractivity contribution < 1.29 is 9.18 Å². The van der Waals surface area contributed by atoms with E-state index in [0.717, 1.165) is 32.4 Å². The summed E-state index contributed by atoms with van der Waals surface area (Å²) in [6, 6.07) is 5.20. The molecule has 0 unspecified atom stereocenters. The standard InChI is InChI=1S/C15H19FN2O/c16-13-11-12(18-10-4-5-15(18)19)6-7-14(13)17-8-2-1-3-9-17/h6-7,11H,1-5,8-10H2. The monoisotopic (exact) mass is 262 g/mol. The molecule has 3 nitrogen and oxygen atoms in total. The SMILES string of the molecule is O=C1CCCN1c1ccc(N2CCCCC2)c(F)c1. The van der Waals surface area contributed by atoms with Crippen LogP contribution in [0.2, 0.25) is 0 Å². The Kier molecular flexibility index (Phi) is 3.40. The number of hydrogen-bond donors (Lipinski definition) is 0. The lowest BCUT2D eigenvalue weighted by atomic mass is 10.1. The largest absolute Gasteiger partial charge is 0.369 e. The van der Waals surface area contributed by atoms with Gasteiger partial charge in [0.15, 0.2) is 0 Å². The minimum absolute atomic E-state index is 0.102. The average molecular weight is 262 g/mol. The Bertz CT molecular complexity index is 483. The maximum absolute atomic E-state index is 14.2. The van der Waals surface area contributed by atoms with Gasteiger partial charge in [0, 0.05) is 31.7 Å². The first kappa shape index (κ1) is 12.5. The van der Waals surface area contributed by atoms with Gasteiger partial charge >= 0.3 is 0 Å². The maximum Gasteiger partial charge on any atom is 0.227 e. The van der Waals surface area contributed by atoms with Gasteiger partial charge in [-0.3, -0.25) is 4.79 Å². The van der Waals surface area contributed by atoms with E-state index in [0.29, 0.717) is 24.3 Å². The molecule has 1 aromatic carbocycles. The van der Waals surface area contributed by atoms with Crippen LogP contribution in [-0.2, 0) is 4.79 Å². The van der Waals surface area contributed by atoms with Gasteiger partial charge in [0.05, 0.1) is 5.69 Å². The molecule has 19 heavy (non-hydrogen) atoms. The van der Waals surface area contributed by atoms with Crippen LogP contribution < -0.4 is 9.80 Å². The number of benzene rings is 1. The van der Waals surface area contributed by atoms with Crippen LogP contribution in [0.4, 0.5) is 15.8 Å². The predicted octanol–water partition coefficient (Wildman–Crippen LogP) is 2.94. The number of carbonyl (C=O) groups is 1. The van der Waals surface area contributed by atoms with Gasteiger partial charge < -0.3 is 9.80 Å². The number of anilines is 2. The Balaban J connectivity index is 1.82. The first-order valence-electron chi connectivity index (χ1n) is 7.10. The van der Waals surface area contributed by atoms with Crippen LogP contribution in [0.3, 0.4) is 0 Å². The second kappa shape index (κ2) is 5.19. The topological polar surface area (TPSA) is 23.6 Å². The number of carbonyl (C=O) groups excluding carboxylic acids is 1. The minimum Gasteiger partial charge on any atom is -0.369 e. The first-order chi connectivity index (χ1) is 9.25. The van der Waals surface area contributed by atoms with Gasteiger partial charge in [-0.05, 0) is 43.9 Å². The van der Waals surface area contributed by atoms with E-state index in [1.807, 2.05) is 12.1 Å². The van der Waals surface area contributed by atoms with E-state index in [2.05, 4.69) is 4.90 Å². The Morgan fingerprint density at radius 2 is 1.79 bits per heavy atom. The van der Waals surface area contributed by atoms with Crippen molar-refractivity contribution in [3.05, 3.63) is 24.0 Å². The Hall–Kier alpha value is -1.58. The van der Waals surface area contributed by atoms with Crippen molar-refractivity contribution in [3.63, 3.8) is 0 Å². The molecule has 0 radical (unpaired) electrons. The van der Waals surface area contributed by atoms with Crippen molar-refractivity contribution in [1.29, 1.82) is 0 Å². The van der Waals surface area contributed by atoms with Crippen LogP contribution in [-0.4, -0.2) is 25.5 Å². The van der Waals surface area contributed by atoms with E-state index in [9.17, 15) is 9.18 Å². The zero-order valence-electron chi connectivity index (χ0n) is 11.1. The fourth-order valence-electron chi connectivity index (χ4n) is 2.98. The molecule has 2 saturated heterocycles. The van der Waals surface area contributed by atoms with Crippen molar-refractivity contribution in [2.75, 3.05) is 29.4 Å². The third-order valence-electron chi connectivity index (χ3n) is 4.01. The van der Waals surface area contributed by atoms with Crippen LogP contribution in [0.15, 0.2) is 18.2 Å². The lowest BCUT2D eigenvalue weighted by Gasteiger charge is -2.29. The smallest absolute Gasteiger partial charge is 0.227 e. The molecule has 0 aliphatic carbocycles. The minimum atomic E-state index is -0.209. The maximum atomic E-state index is 14.2. The van der Waals surface area contributed by atoms with Gasteiger partial charge in [0.2, 0.25) is 5.91 Å². The molecular weight excluding hydrogens is 243 g/mol. The first-order valence-corrected chi connectivity index (χ1v) is 7.10. The normalized spacial score (nSPS) is 20.2. The summed E-state index contributed by atoms with van der Waals surface area (Å²) in [4.78, 5) is 15.5. The fraction of sp³-hybridized carbons (Fsp3) is 0.533. The Morgan fingerprint density at radius 1 is 1.00 bits per heavy atom. The van der Waals surface area contributed by atoms with Crippen molar-refractivity contribution >= 4 is 17.3 Å². The summed E-state index contributed by atoms with van der Waals surface area (Å²) in [5.41, 5.74) is 1.37. The molecule has 0 N–H and O–H groups in total. The summed E-state index contributed by atoms with van der Waals surface area (Å²) in [5, 5.41) is 0. The fourth-order valence-corrected chi connectivity index (χ4v) is 2.98. The number of hydrogen-bond acceptors (Lipinski definition) is 2. The van der Waals surface area contributed by atoms with Crippen molar-refractivity contribution in [3.8, 4) is 0 Å². The lowest BCUT2D eigenvalue weighted by molar-refractivity contribution is -0.117. The van der Waals surface area contributed by atoms with Gasteiger partial charge in [-0.25, -0.2) is 4.39 Å². The van der Waals surface area contributed by atoms with Gasteiger partial charge in [0.1, 0.15) is 5.82 Å². The Labute approximate surface area is 113 Å². The molecule has 1 amide bonds. The zero-order valence-corrected chi connectivity index (χ0v) is 11.1. The highest BCUT2D eigenvalue weighted by molar-refractivity contribution is 5.95. The van der Waals surface area contributed by atoms with E-state index < -0.39 is 0 Å². The lowest BCUT2D eigenvalue weighted by Crippen LogP contribution is -2.30. The summed E-state index contributed by atoms with van der Waals surface area (Å²) >= 11 is 0. The Morgan fingerprint density at radius 3 is 2.42 bits per heavy atom. The van der Waals surface area contributed by atoms with Gasteiger partial charge in [0.25, 0.3) is 0 Å². The molecule has 2 aliphatic heterocycles. The average Bonchev–Trinajstić information content (AvgIpc) is 2.86. The molecule has 0 spiro atoms. The summed E-state index contributed by atoms with van der Waals surface area (Å²) in [5.74, 6) is -0.107.